The highest BCUT2D eigenvalue weighted by molar-refractivity contribution is 6.99. The van der Waals surface area contributed by atoms with E-state index in [-0.39, 0.29) is 23.9 Å². The summed E-state index contributed by atoms with van der Waals surface area (Å²) < 4.78 is 13.2. The predicted molar refractivity (Wildman–Crippen MR) is 141 cm³/mol. The van der Waals surface area contributed by atoms with Crippen molar-refractivity contribution in [3.63, 3.8) is 0 Å². The van der Waals surface area contributed by atoms with Gasteiger partial charge in [-0.15, -0.1) is 0 Å². The van der Waals surface area contributed by atoms with Crippen LogP contribution in [0.4, 0.5) is 0 Å². The lowest BCUT2D eigenvalue weighted by molar-refractivity contribution is 0.0732. The highest BCUT2D eigenvalue weighted by atomic mass is 28.4. The van der Waals surface area contributed by atoms with Gasteiger partial charge in [-0.05, 0) is 59.7 Å². The smallest absolute Gasteiger partial charge is 0.261 e. The molecule has 1 N–H and O–H groups in total. The van der Waals surface area contributed by atoms with Crippen LogP contribution in [0.2, 0.25) is 5.04 Å². The Morgan fingerprint density at radius 2 is 1.58 bits per heavy atom. The maximum absolute atomic E-state index is 9.26. The number of hydrogen-bond donors (Lipinski definition) is 1. The van der Waals surface area contributed by atoms with E-state index in [1.807, 2.05) is 13.0 Å². The molecule has 0 aromatic heterocycles. The number of benzene rings is 2. The second-order valence-corrected chi connectivity index (χ2v) is 14.5. The lowest BCUT2D eigenvalue weighted by Gasteiger charge is -2.43. The molecule has 1 aliphatic heterocycles. The lowest BCUT2D eigenvalue weighted by atomic mass is 10.1. The zero-order valence-corrected chi connectivity index (χ0v) is 21.9. The summed E-state index contributed by atoms with van der Waals surface area (Å²) in [5.41, 5.74) is 2.23. The molecule has 0 saturated carbocycles. The van der Waals surface area contributed by atoms with E-state index < -0.39 is 8.32 Å². The van der Waals surface area contributed by atoms with Crippen molar-refractivity contribution >= 4 is 18.7 Å². The van der Waals surface area contributed by atoms with Gasteiger partial charge in [0.15, 0.2) is 0 Å². The lowest BCUT2D eigenvalue weighted by Crippen LogP contribution is -2.66. The molecule has 0 amide bonds. The first kappa shape index (κ1) is 25.6. The molecule has 3 rings (SSSR count). The third-order valence-electron chi connectivity index (χ3n) is 6.55. The Morgan fingerprint density at radius 1 is 1.00 bits per heavy atom. The standard InChI is InChI=1S/C29H40O3Si/c1-23(22-30)20-25-21-24(2)28(32-25)18-12-13-19-31-33(29(3,4)5,26-14-8-6-9-15-26)27-16-10-7-11-17-27/h6-11,14-17,20-21,25,28,30H,12-13,18-19,22H2,1-5H3/b23-20+/t25-,28+/m0/s1. The van der Waals surface area contributed by atoms with Crippen LogP contribution in [0, 0.1) is 0 Å². The molecule has 1 aliphatic rings. The van der Waals surface area contributed by atoms with E-state index in [2.05, 4.69) is 94.4 Å². The third kappa shape index (κ3) is 6.13. The normalized spacial score (nSPS) is 19.6. The molecule has 0 spiro atoms. The second kappa shape index (κ2) is 11.4. The van der Waals surface area contributed by atoms with Crippen molar-refractivity contribution in [3.8, 4) is 0 Å². The molecule has 0 saturated heterocycles. The van der Waals surface area contributed by atoms with E-state index in [0.717, 1.165) is 31.4 Å². The van der Waals surface area contributed by atoms with E-state index in [1.54, 1.807) is 0 Å². The molecule has 0 unspecified atom stereocenters. The number of rotatable bonds is 10. The zero-order chi connectivity index (χ0) is 23.9. The van der Waals surface area contributed by atoms with Crippen LogP contribution < -0.4 is 10.4 Å². The first-order valence-corrected chi connectivity index (χ1v) is 14.1. The highest BCUT2D eigenvalue weighted by Crippen LogP contribution is 2.37. The summed E-state index contributed by atoms with van der Waals surface area (Å²) in [7, 11) is -2.45. The fourth-order valence-electron chi connectivity index (χ4n) is 4.84. The SMILES string of the molecule is CC1=C[C@H](/C=C(\C)CO)O[C@@H]1CCCCO[Si](c1ccccc1)(c1ccccc1)C(C)(C)C. The Hall–Kier alpha value is -1.98. The van der Waals surface area contributed by atoms with Crippen LogP contribution in [0.5, 0.6) is 0 Å². The van der Waals surface area contributed by atoms with Crippen molar-refractivity contribution in [1.82, 2.24) is 0 Å². The van der Waals surface area contributed by atoms with Gasteiger partial charge in [0.05, 0.1) is 18.8 Å². The molecule has 2 atom stereocenters. The molecular formula is C29H40O3Si. The second-order valence-electron chi connectivity index (χ2n) is 10.2. The van der Waals surface area contributed by atoms with Crippen LogP contribution >= 0.6 is 0 Å². The van der Waals surface area contributed by atoms with Crippen molar-refractivity contribution in [2.24, 2.45) is 0 Å². The van der Waals surface area contributed by atoms with Crippen molar-refractivity contribution in [2.75, 3.05) is 13.2 Å². The van der Waals surface area contributed by atoms with Gasteiger partial charge in [0.2, 0.25) is 0 Å². The van der Waals surface area contributed by atoms with Gasteiger partial charge in [-0.2, -0.15) is 0 Å². The Labute approximate surface area is 201 Å². The number of hydrogen-bond acceptors (Lipinski definition) is 3. The summed E-state index contributed by atoms with van der Waals surface area (Å²) >= 11 is 0. The number of aliphatic hydroxyl groups is 1. The Balaban J connectivity index is 1.66. The van der Waals surface area contributed by atoms with E-state index in [1.165, 1.54) is 15.9 Å². The first-order chi connectivity index (χ1) is 15.8. The third-order valence-corrected chi connectivity index (χ3v) is 11.6. The Morgan fingerprint density at radius 3 is 2.09 bits per heavy atom. The summed E-state index contributed by atoms with van der Waals surface area (Å²) in [4.78, 5) is 0. The van der Waals surface area contributed by atoms with Crippen molar-refractivity contribution in [2.45, 2.75) is 71.1 Å². The fourth-order valence-corrected chi connectivity index (χ4v) is 9.44. The molecular weight excluding hydrogens is 424 g/mol. The van der Waals surface area contributed by atoms with Gasteiger partial charge in [0.25, 0.3) is 8.32 Å². The molecule has 178 valence electrons. The van der Waals surface area contributed by atoms with E-state index >= 15 is 0 Å². The van der Waals surface area contributed by atoms with Gasteiger partial charge < -0.3 is 14.3 Å². The average molecular weight is 465 g/mol. The number of unbranched alkanes of at least 4 members (excludes halogenated alkanes) is 1. The zero-order valence-electron chi connectivity index (χ0n) is 20.9. The molecule has 2 aromatic rings. The van der Waals surface area contributed by atoms with Crippen LogP contribution in [0.1, 0.15) is 53.9 Å². The highest BCUT2D eigenvalue weighted by Gasteiger charge is 2.49. The van der Waals surface area contributed by atoms with Crippen LogP contribution in [0.3, 0.4) is 0 Å². The molecule has 0 fully saturated rings. The first-order valence-electron chi connectivity index (χ1n) is 12.1. The molecule has 2 aromatic carbocycles. The maximum Gasteiger partial charge on any atom is 0.261 e. The van der Waals surface area contributed by atoms with Crippen molar-refractivity contribution in [1.29, 1.82) is 0 Å². The van der Waals surface area contributed by atoms with E-state index in [0.29, 0.717) is 0 Å². The predicted octanol–water partition coefficient (Wildman–Crippen LogP) is 5.39. The fraction of sp³-hybridized carbons (Fsp3) is 0.448. The maximum atomic E-state index is 9.26. The van der Waals surface area contributed by atoms with Gasteiger partial charge in [-0.3, -0.25) is 0 Å². The van der Waals surface area contributed by atoms with Gasteiger partial charge >= 0.3 is 0 Å². The molecule has 4 heteroatoms. The summed E-state index contributed by atoms with van der Waals surface area (Å²) in [6.07, 6.45) is 7.38. The number of ether oxygens (including phenoxy) is 1. The molecule has 1 heterocycles. The minimum Gasteiger partial charge on any atom is -0.407 e. The van der Waals surface area contributed by atoms with Crippen LogP contribution in [-0.2, 0) is 9.16 Å². The van der Waals surface area contributed by atoms with Crippen molar-refractivity contribution < 1.29 is 14.3 Å². The van der Waals surface area contributed by atoms with Gasteiger partial charge in [0.1, 0.15) is 0 Å². The minimum absolute atomic E-state index is 0.00766. The molecule has 3 nitrogen and oxygen atoms in total. The van der Waals surface area contributed by atoms with Crippen LogP contribution in [0.25, 0.3) is 0 Å². The Bertz CT molecular complexity index is 889. The summed E-state index contributed by atoms with van der Waals surface area (Å²) in [5.74, 6) is 0. The van der Waals surface area contributed by atoms with Gasteiger partial charge in [-0.1, -0.05) is 93.6 Å². The number of aliphatic hydroxyl groups excluding tert-OH is 1. The molecule has 0 bridgehead atoms. The summed E-state index contributed by atoms with van der Waals surface area (Å²) in [6, 6.07) is 21.7. The topological polar surface area (TPSA) is 38.7 Å². The molecule has 33 heavy (non-hydrogen) atoms. The molecule has 0 radical (unpaired) electrons. The monoisotopic (exact) mass is 464 g/mol. The van der Waals surface area contributed by atoms with Gasteiger partial charge in [0, 0.05) is 6.61 Å². The average Bonchev–Trinajstić information content (AvgIpc) is 3.15. The van der Waals surface area contributed by atoms with Crippen LogP contribution in [-0.4, -0.2) is 38.8 Å². The summed E-state index contributed by atoms with van der Waals surface area (Å²) in [5, 5.41) is 11.9. The van der Waals surface area contributed by atoms with Gasteiger partial charge in [-0.25, -0.2) is 0 Å². The van der Waals surface area contributed by atoms with Crippen LogP contribution in [0.15, 0.2) is 84.0 Å². The largest absolute Gasteiger partial charge is 0.407 e. The molecule has 0 aliphatic carbocycles. The van der Waals surface area contributed by atoms with Crippen molar-refractivity contribution in [3.05, 3.63) is 84.0 Å². The van der Waals surface area contributed by atoms with E-state index in [4.69, 9.17) is 9.16 Å². The quantitative estimate of drug-likeness (QED) is 0.291. The minimum atomic E-state index is -2.45. The Kier molecular flexibility index (Phi) is 8.88. The van der Waals surface area contributed by atoms with E-state index in [9.17, 15) is 5.11 Å². The summed E-state index contributed by atoms with van der Waals surface area (Å²) in [6.45, 7) is 11.9.